The van der Waals surface area contributed by atoms with Crippen molar-refractivity contribution in [1.82, 2.24) is 9.55 Å². The first-order chi connectivity index (χ1) is 14.0. The summed E-state index contributed by atoms with van der Waals surface area (Å²) in [5, 5.41) is 11.4. The number of fused-ring (bicyclic) bond motifs is 4. The predicted molar refractivity (Wildman–Crippen MR) is 109 cm³/mol. The lowest BCUT2D eigenvalue weighted by atomic mass is 9.85. The molecule has 1 N–H and O–H groups in total. The summed E-state index contributed by atoms with van der Waals surface area (Å²) in [6, 6.07) is 5.88. The van der Waals surface area contributed by atoms with Gasteiger partial charge in [-0.3, -0.25) is 4.79 Å². The number of methoxy groups -OCH3 is 1. The number of hydrogen-bond donors (Lipinski definition) is 1. The number of pyridine rings is 2. The molecular weight excluding hydrogens is 368 g/mol. The molecular formula is C23H22N2O4. The van der Waals surface area contributed by atoms with Crippen LogP contribution in [0.5, 0.6) is 0 Å². The van der Waals surface area contributed by atoms with E-state index >= 15 is 0 Å². The van der Waals surface area contributed by atoms with E-state index in [9.17, 15) is 14.7 Å². The molecule has 0 fully saturated rings. The maximum atomic E-state index is 13.2. The second kappa shape index (κ2) is 6.61. The Kier molecular flexibility index (Phi) is 4.15. The Hall–Kier alpha value is -2.83. The van der Waals surface area contributed by atoms with E-state index in [-0.39, 0.29) is 12.2 Å². The van der Waals surface area contributed by atoms with Crippen LogP contribution in [0.1, 0.15) is 45.9 Å². The van der Waals surface area contributed by atoms with Gasteiger partial charge in [-0.15, -0.1) is 0 Å². The van der Waals surface area contributed by atoms with Crippen molar-refractivity contribution in [2.75, 3.05) is 7.11 Å². The second-order valence-electron chi connectivity index (χ2n) is 7.89. The summed E-state index contributed by atoms with van der Waals surface area (Å²) >= 11 is 0. The Balaban J connectivity index is 1.82. The number of aromatic nitrogens is 2. The maximum absolute atomic E-state index is 13.2. The quantitative estimate of drug-likeness (QED) is 0.542. The molecule has 0 saturated heterocycles. The Morgan fingerprint density at radius 3 is 2.83 bits per heavy atom. The molecule has 0 radical (unpaired) electrons. The van der Waals surface area contributed by atoms with Gasteiger partial charge in [-0.1, -0.05) is 6.07 Å². The average molecular weight is 390 g/mol. The molecule has 5 rings (SSSR count). The number of carbonyl (C=O) groups is 1. The van der Waals surface area contributed by atoms with E-state index in [0.29, 0.717) is 29.7 Å². The van der Waals surface area contributed by atoms with Crippen LogP contribution in [0.4, 0.5) is 0 Å². The molecule has 3 aromatic rings. The Morgan fingerprint density at radius 2 is 2.07 bits per heavy atom. The van der Waals surface area contributed by atoms with Gasteiger partial charge in [0, 0.05) is 29.2 Å². The second-order valence-corrected chi connectivity index (χ2v) is 7.89. The molecule has 2 aliphatic rings. The molecule has 6 nitrogen and oxygen atoms in total. The number of rotatable bonds is 4. The number of aliphatic hydroxyl groups is 1. The van der Waals surface area contributed by atoms with Gasteiger partial charge in [0.2, 0.25) is 0 Å². The zero-order chi connectivity index (χ0) is 20.3. The molecule has 2 aromatic heterocycles. The Labute approximate surface area is 167 Å². The van der Waals surface area contributed by atoms with E-state index in [1.807, 2.05) is 6.07 Å². The minimum absolute atomic E-state index is 0.0430. The molecule has 6 heteroatoms. The molecule has 1 aliphatic carbocycles. The number of ether oxygens (including phenoxy) is 1. The zero-order valence-corrected chi connectivity index (χ0v) is 16.5. The van der Waals surface area contributed by atoms with E-state index in [0.717, 1.165) is 36.0 Å². The number of aldehydes is 1. The fourth-order valence-corrected chi connectivity index (χ4v) is 4.92. The summed E-state index contributed by atoms with van der Waals surface area (Å²) in [5.41, 5.74) is 7.78. The summed E-state index contributed by atoms with van der Waals surface area (Å²) in [5.74, 6) is 0. The van der Waals surface area contributed by atoms with Gasteiger partial charge in [0.1, 0.15) is 6.10 Å². The fraction of sp³-hybridized carbons (Fsp3) is 0.348. The molecule has 3 heterocycles. The number of aryl methyl sites for hydroxylation is 3. The van der Waals surface area contributed by atoms with Crippen LogP contribution in [0.25, 0.3) is 22.3 Å². The van der Waals surface area contributed by atoms with Crippen LogP contribution in [0.3, 0.4) is 0 Å². The molecule has 0 saturated carbocycles. The summed E-state index contributed by atoms with van der Waals surface area (Å²) in [6.45, 7) is 2.64. The summed E-state index contributed by atoms with van der Waals surface area (Å²) in [6.07, 6.45) is 2.18. The number of carbonyl (C=O) groups excluding carboxylic acids is 1. The van der Waals surface area contributed by atoms with Crippen molar-refractivity contribution in [1.29, 1.82) is 0 Å². The van der Waals surface area contributed by atoms with E-state index < -0.39 is 6.10 Å². The van der Waals surface area contributed by atoms with Crippen LogP contribution in [0.2, 0.25) is 0 Å². The molecule has 148 valence electrons. The smallest absolute Gasteiger partial charge is 0.257 e. The van der Waals surface area contributed by atoms with Crippen LogP contribution in [-0.4, -0.2) is 28.1 Å². The van der Waals surface area contributed by atoms with Gasteiger partial charge in [0.25, 0.3) is 5.56 Å². The SMILES string of the molecule is COCc1c(C(O)C=O)cc2n(c1=O)Cc1c-2nc2ccc(C)c3c2c1CCC3. The molecule has 1 atom stereocenters. The van der Waals surface area contributed by atoms with Gasteiger partial charge >= 0.3 is 0 Å². The Bertz CT molecular complexity index is 1240. The summed E-state index contributed by atoms with van der Waals surface area (Å²) in [7, 11) is 1.49. The lowest BCUT2D eigenvalue weighted by molar-refractivity contribution is -0.115. The molecule has 1 aromatic carbocycles. The molecule has 0 bridgehead atoms. The maximum Gasteiger partial charge on any atom is 0.257 e. The van der Waals surface area contributed by atoms with Gasteiger partial charge in [0.15, 0.2) is 6.29 Å². The highest BCUT2D eigenvalue weighted by molar-refractivity contribution is 5.92. The van der Waals surface area contributed by atoms with Crippen LogP contribution in [-0.2, 0) is 35.5 Å². The van der Waals surface area contributed by atoms with Crippen molar-refractivity contribution >= 4 is 17.2 Å². The number of aliphatic hydroxyl groups excluding tert-OH is 1. The lowest BCUT2D eigenvalue weighted by Gasteiger charge is -2.21. The largest absolute Gasteiger partial charge is 0.381 e. The highest BCUT2D eigenvalue weighted by Crippen LogP contribution is 2.40. The van der Waals surface area contributed by atoms with Crippen molar-refractivity contribution in [2.24, 2.45) is 0 Å². The van der Waals surface area contributed by atoms with Crippen LogP contribution < -0.4 is 5.56 Å². The fourth-order valence-electron chi connectivity index (χ4n) is 4.92. The minimum Gasteiger partial charge on any atom is -0.381 e. The molecule has 1 unspecified atom stereocenters. The average Bonchev–Trinajstić information content (AvgIpc) is 3.11. The van der Waals surface area contributed by atoms with Crippen molar-refractivity contribution in [3.05, 3.63) is 61.9 Å². The topological polar surface area (TPSA) is 81.4 Å². The van der Waals surface area contributed by atoms with Crippen molar-refractivity contribution in [2.45, 2.75) is 45.4 Å². The van der Waals surface area contributed by atoms with Crippen molar-refractivity contribution < 1.29 is 14.6 Å². The van der Waals surface area contributed by atoms with Crippen LogP contribution in [0.15, 0.2) is 23.0 Å². The standard InChI is InChI=1S/C23H22N2O4/c1-12-6-7-18-21-13(12)4-3-5-14(21)16-9-25-19(22(16)24-18)8-15(20(27)10-26)17(11-29-2)23(25)28/h6-8,10,20,27H,3-5,9,11H2,1-2H3. The van der Waals surface area contributed by atoms with Gasteiger partial charge in [-0.25, -0.2) is 4.98 Å². The zero-order valence-electron chi connectivity index (χ0n) is 16.5. The third-order valence-electron chi connectivity index (χ3n) is 6.29. The molecule has 0 spiro atoms. The van der Waals surface area contributed by atoms with Gasteiger partial charge < -0.3 is 19.2 Å². The van der Waals surface area contributed by atoms with Crippen molar-refractivity contribution in [3.63, 3.8) is 0 Å². The first-order valence-electron chi connectivity index (χ1n) is 9.88. The highest BCUT2D eigenvalue weighted by Gasteiger charge is 2.30. The highest BCUT2D eigenvalue weighted by atomic mass is 16.5. The first kappa shape index (κ1) is 18.2. The van der Waals surface area contributed by atoms with Gasteiger partial charge in [-0.2, -0.15) is 0 Å². The van der Waals surface area contributed by atoms with E-state index in [4.69, 9.17) is 9.72 Å². The van der Waals surface area contributed by atoms with Crippen LogP contribution in [0, 0.1) is 6.92 Å². The number of hydrogen-bond acceptors (Lipinski definition) is 5. The number of benzene rings is 1. The number of nitrogens with zero attached hydrogens (tertiary/aromatic N) is 2. The lowest BCUT2D eigenvalue weighted by Crippen LogP contribution is -2.26. The first-order valence-corrected chi connectivity index (χ1v) is 9.88. The molecule has 0 amide bonds. The molecule has 1 aliphatic heterocycles. The van der Waals surface area contributed by atoms with E-state index in [1.165, 1.54) is 29.2 Å². The van der Waals surface area contributed by atoms with Crippen molar-refractivity contribution in [3.8, 4) is 11.4 Å². The van der Waals surface area contributed by atoms with Gasteiger partial charge in [-0.05, 0) is 55.0 Å². The van der Waals surface area contributed by atoms with E-state index in [1.54, 1.807) is 10.6 Å². The van der Waals surface area contributed by atoms with Crippen LogP contribution >= 0.6 is 0 Å². The predicted octanol–water partition coefficient (Wildman–Crippen LogP) is 2.60. The Morgan fingerprint density at radius 1 is 1.28 bits per heavy atom. The minimum atomic E-state index is -1.36. The third-order valence-corrected chi connectivity index (χ3v) is 6.29. The summed E-state index contributed by atoms with van der Waals surface area (Å²) < 4.78 is 6.87. The molecule has 29 heavy (non-hydrogen) atoms. The summed E-state index contributed by atoms with van der Waals surface area (Å²) in [4.78, 5) is 29.4. The monoisotopic (exact) mass is 390 g/mol. The van der Waals surface area contributed by atoms with Gasteiger partial charge in [0.05, 0.1) is 30.1 Å². The van der Waals surface area contributed by atoms with E-state index in [2.05, 4.69) is 13.0 Å². The third kappa shape index (κ3) is 2.52. The normalized spacial score (nSPS) is 15.3.